The average molecular weight is 614 g/mol. The van der Waals surface area contributed by atoms with Gasteiger partial charge in [0.2, 0.25) is 5.95 Å². The Kier molecular flexibility index (Phi) is 8.51. The van der Waals surface area contributed by atoms with Gasteiger partial charge in [-0.1, -0.05) is 48.5 Å². The molecule has 1 aromatic heterocycles. The third kappa shape index (κ3) is 7.05. The van der Waals surface area contributed by atoms with E-state index in [1.807, 2.05) is 6.07 Å². The molecule has 1 amide bonds. The molecule has 12 heteroatoms. The van der Waals surface area contributed by atoms with Crippen LogP contribution in [-0.4, -0.2) is 32.7 Å². The van der Waals surface area contributed by atoms with Crippen molar-refractivity contribution in [3.8, 4) is 0 Å². The Bertz CT molecular complexity index is 1940. The lowest BCUT2D eigenvalue weighted by Gasteiger charge is -2.25. The Balaban J connectivity index is 1.28. The highest BCUT2D eigenvalue weighted by Gasteiger charge is 2.25. The number of anilines is 3. The molecule has 4 aromatic carbocycles. The van der Waals surface area contributed by atoms with Gasteiger partial charge in [0.1, 0.15) is 0 Å². The maximum atomic E-state index is 13.5. The van der Waals surface area contributed by atoms with Crippen molar-refractivity contribution in [2.24, 2.45) is 0 Å². The fourth-order valence-corrected chi connectivity index (χ4v) is 6.58. The summed E-state index contributed by atoms with van der Waals surface area (Å²) in [6.45, 7) is 1.78. The molecule has 0 unspecified atom stereocenters. The Morgan fingerprint density at radius 1 is 0.744 bits per heavy atom. The molecule has 1 heterocycles. The van der Waals surface area contributed by atoms with Crippen LogP contribution in [-0.2, 0) is 26.6 Å². The van der Waals surface area contributed by atoms with Crippen LogP contribution in [0.25, 0.3) is 0 Å². The van der Waals surface area contributed by atoms with Crippen LogP contribution in [0.15, 0.2) is 131 Å². The SMILES string of the molecule is Cc1ccnc(NS(=O)(=O)c2ccc(NC(=O)c3ccc(CN(c4ccccc4)S(=O)(=O)c4ccccc4)cc3)cc2)n1. The summed E-state index contributed by atoms with van der Waals surface area (Å²) in [5.74, 6) is -0.448. The number of rotatable bonds is 10. The van der Waals surface area contributed by atoms with E-state index in [4.69, 9.17) is 0 Å². The van der Waals surface area contributed by atoms with Gasteiger partial charge in [0, 0.05) is 23.1 Å². The van der Waals surface area contributed by atoms with E-state index < -0.39 is 26.0 Å². The highest BCUT2D eigenvalue weighted by molar-refractivity contribution is 7.93. The minimum absolute atomic E-state index is 0.0200. The molecular weight excluding hydrogens is 587 g/mol. The summed E-state index contributed by atoms with van der Waals surface area (Å²) in [4.78, 5) is 21.0. The van der Waals surface area contributed by atoms with Gasteiger partial charge in [-0.25, -0.2) is 31.5 Å². The topological polar surface area (TPSA) is 138 Å². The fraction of sp³-hybridized carbons (Fsp3) is 0.0645. The van der Waals surface area contributed by atoms with Crippen LogP contribution in [0.3, 0.4) is 0 Å². The lowest BCUT2D eigenvalue weighted by atomic mass is 10.1. The number of aryl methyl sites for hydroxylation is 1. The Morgan fingerprint density at radius 2 is 1.37 bits per heavy atom. The molecule has 5 rings (SSSR count). The molecule has 0 radical (unpaired) electrons. The molecule has 2 N–H and O–H groups in total. The van der Waals surface area contributed by atoms with E-state index in [1.165, 1.54) is 34.8 Å². The maximum absolute atomic E-state index is 13.5. The summed E-state index contributed by atoms with van der Waals surface area (Å²) in [5.41, 5.74) is 2.55. The molecule has 0 aliphatic rings. The lowest BCUT2D eigenvalue weighted by molar-refractivity contribution is 0.102. The van der Waals surface area contributed by atoms with Crippen molar-refractivity contribution in [3.05, 3.63) is 138 Å². The van der Waals surface area contributed by atoms with Gasteiger partial charge >= 0.3 is 0 Å². The molecule has 0 spiro atoms. The Labute approximate surface area is 250 Å². The summed E-state index contributed by atoms with van der Waals surface area (Å²) in [5, 5.41) is 2.74. The van der Waals surface area contributed by atoms with Gasteiger partial charge in [-0.05, 0) is 79.2 Å². The quantitative estimate of drug-likeness (QED) is 0.220. The van der Waals surface area contributed by atoms with Crippen LogP contribution in [0.5, 0.6) is 0 Å². The number of sulfonamides is 2. The molecule has 0 aliphatic carbocycles. The van der Waals surface area contributed by atoms with Crippen molar-refractivity contribution in [1.82, 2.24) is 9.97 Å². The number of carbonyl (C=O) groups excluding carboxylic acids is 1. The molecule has 0 saturated carbocycles. The second kappa shape index (κ2) is 12.4. The standard InChI is InChI=1S/C31H27N5O5S2/c1-23-20-21-32-31(33-23)35-42(38,39)28-18-16-26(17-19-28)34-30(37)25-14-12-24(13-15-25)22-36(27-8-4-2-5-9-27)43(40,41)29-10-6-3-7-11-29/h2-21H,22H2,1H3,(H,34,37)(H,32,33,35). The van der Waals surface area contributed by atoms with Gasteiger partial charge in [0.15, 0.2) is 0 Å². The Morgan fingerprint density at radius 3 is 2.00 bits per heavy atom. The predicted molar refractivity (Wildman–Crippen MR) is 165 cm³/mol. The zero-order chi connectivity index (χ0) is 30.5. The van der Waals surface area contributed by atoms with Crippen molar-refractivity contribution in [2.75, 3.05) is 14.3 Å². The number of carbonyl (C=O) groups is 1. The normalized spacial score (nSPS) is 11.5. The largest absolute Gasteiger partial charge is 0.322 e. The monoisotopic (exact) mass is 613 g/mol. The highest BCUT2D eigenvalue weighted by atomic mass is 32.2. The van der Waals surface area contributed by atoms with E-state index in [0.29, 0.717) is 28.2 Å². The first-order valence-corrected chi connectivity index (χ1v) is 16.0. The van der Waals surface area contributed by atoms with Crippen LogP contribution < -0.4 is 14.3 Å². The molecule has 0 aliphatic heterocycles. The summed E-state index contributed by atoms with van der Waals surface area (Å²) < 4.78 is 56.1. The Hall–Kier alpha value is -5.07. The van der Waals surface area contributed by atoms with Gasteiger partial charge in [-0.3, -0.25) is 9.10 Å². The number of aromatic nitrogens is 2. The number of benzene rings is 4. The van der Waals surface area contributed by atoms with E-state index >= 15 is 0 Å². The van der Waals surface area contributed by atoms with Gasteiger partial charge in [0.25, 0.3) is 26.0 Å². The van der Waals surface area contributed by atoms with Gasteiger partial charge in [0.05, 0.1) is 22.0 Å². The third-order valence-corrected chi connectivity index (χ3v) is 9.49. The third-order valence-electron chi connectivity index (χ3n) is 6.36. The van der Waals surface area contributed by atoms with Crippen molar-refractivity contribution in [2.45, 2.75) is 23.3 Å². The summed E-state index contributed by atoms with van der Waals surface area (Å²) in [6.07, 6.45) is 1.46. The minimum Gasteiger partial charge on any atom is -0.322 e. The van der Waals surface area contributed by atoms with E-state index in [1.54, 1.807) is 91.9 Å². The van der Waals surface area contributed by atoms with Crippen molar-refractivity contribution in [1.29, 1.82) is 0 Å². The second-order valence-electron chi connectivity index (χ2n) is 9.46. The average Bonchev–Trinajstić information content (AvgIpc) is 3.01. The molecule has 0 fully saturated rings. The number of nitrogens with zero attached hydrogens (tertiary/aromatic N) is 3. The maximum Gasteiger partial charge on any atom is 0.264 e. The molecule has 0 saturated heterocycles. The van der Waals surface area contributed by atoms with Crippen LogP contribution in [0.2, 0.25) is 0 Å². The first-order valence-electron chi connectivity index (χ1n) is 13.1. The zero-order valence-electron chi connectivity index (χ0n) is 23.0. The van der Waals surface area contributed by atoms with E-state index in [0.717, 1.165) is 0 Å². The first-order chi connectivity index (χ1) is 20.6. The van der Waals surface area contributed by atoms with Crippen LogP contribution in [0.1, 0.15) is 21.6 Å². The number of hydrogen-bond acceptors (Lipinski definition) is 7. The van der Waals surface area contributed by atoms with Crippen molar-refractivity contribution in [3.63, 3.8) is 0 Å². The lowest BCUT2D eigenvalue weighted by Crippen LogP contribution is -2.30. The molecule has 218 valence electrons. The van der Waals surface area contributed by atoms with E-state index in [9.17, 15) is 21.6 Å². The van der Waals surface area contributed by atoms with Gasteiger partial charge in [-0.15, -0.1) is 0 Å². The van der Waals surface area contributed by atoms with Crippen LogP contribution in [0.4, 0.5) is 17.3 Å². The van der Waals surface area contributed by atoms with Crippen molar-refractivity contribution < 1.29 is 21.6 Å². The zero-order valence-corrected chi connectivity index (χ0v) is 24.6. The fourth-order valence-electron chi connectivity index (χ4n) is 4.15. The molecular formula is C31H27N5O5S2. The van der Waals surface area contributed by atoms with Gasteiger partial charge < -0.3 is 5.32 Å². The van der Waals surface area contributed by atoms with Gasteiger partial charge in [-0.2, -0.15) is 0 Å². The number of amides is 1. The van der Waals surface area contributed by atoms with E-state index in [2.05, 4.69) is 20.0 Å². The molecule has 0 bridgehead atoms. The number of hydrogen-bond donors (Lipinski definition) is 2. The minimum atomic E-state index is -3.93. The van der Waals surface area contributed by atoms with Crippen LogP contribution in [0, 0.1) is 6.92 Å². The number of nitrogens with one attached hydrogen (secondary N) is 2. The summed E-state index contributed by atoms with van der Waals surface area (Å²) in [7, 11) is -7.78. The molecule has 0 atom stereocenters. The first kappa shape index (κ1) is 29.4. The summed E-state index contributed by atoms with van der Waals surface area (Å²) in [6, 6.07) is 30.9. The molecule has 43 heavy (non-hydrogen) atoms. The smallest absolute Gasteiger partial charge is 0.264 e. The predicted octanol–water partition coefficient (Wildman–Crippen LogP) is 5.23. The molecule has 5 aromatic rings. The van der Waals surface area contributed by atoms with Crippen molar-refractivity contribution >= 4 is 43.3 Å². The molecule has 10 nitrogen and oxygen atoms in total. The van der Waals surface area contributed by atoms with Crippen LogP contribution >= 0.6 is 0 Å². The second-order valence-corrected chi connectivity index (χ2v) is 13.0. The van der Waals surface area contributed by atoms with E-state index in [-0.39, 0.29) is 22.3 Å². The number of para-hydroxylation sites is 1. The highest BCUT2D eigenvalue weighted by Crippen LogP contribution is 2.26. The summed E-state index contributed by atoms with van der Waals surface area (Å²) >= 11 is 0.